The summed E-state index contributed by atoms with van der Waals surface area (Å²) in [5, 5.41) is 0. The predicted molar refractivity (Wildman–Crippen MR) is 48.5 cm³/mol. The van der Waals surface area contributed by atoms with Crippen LogP contribution < -0.4 is 10.5 Å². The molecule has 2 N–H and O–H groups in total. The van der Waals surface area contributed by atoms with Gasteiger partial charge in [0.15, 0.2) is 0 Å². The van der Waals surface area contributed by atoms with Crippen molar-refractivity contribution < 1.29 is 17.9 Å². The summed E-state index contributed by atoms with van der Waals surface area (Å²) in [6.45, 7) is 1.12. The summed E-state index contributed by atoms with van der Waals surface area (Å²) in [5.41, 5.74) is 5.68. The Morgan fingerprint density at radius 3 is 2.53 bits per heavy atom. The average Bonchev–Trinajstić information content (AvgIpc) is 2.15. The second kappa shape index (κ2) is 4.48. The number of pyridine rings is 1. The maximum Gasteiger partial charge on any atom is 0.426 e. The lowest BCUT2D eigenvalue weighted by atomic mass is 10.3. The van der Waals surface area contributed by atoms with E-state index in [1.165, 1.54) is 12.3 Å². The topological polar surface area (TPSA) is 48.1 Å². The van der Waals surface area contributed by atoms with Crippen LogP contribution in [0.3, 0.4) is 0 Å². The number of nitrogens with two attached hydrogens (primary N) is 1. The van der Waals surface area contributed by atoms with Crippen LogP contribution in [0.5, 0.6) is 5.75 Å². The van der Waals surface area contributed by atoms with Gasteiger partial charge in [-0.15, -0.1) is 0 Å². The van der Waals surface area contributed by atoms with Crippen molar-refractivity contribution in [3.63, 3.8) is 0 Å². The number of nitrogens with zero attached hydrogens (tertiary/aromatic N) is 1. The van der Waals surface area contributed by atoms with E-state index >= 15 is 0 Å². The number of hydrogen-bond donors (Lipinski definition) is 1. The molecule has 1 heterocycles. The number of ether oxygens (including phenoxy) is 1. The van der Waals surface area contributed by atoms with Gasteiger partial charge >= 0.3 is 6.18 Å². The van der Waals surface area contributed by atoms with Gasteiger partial charge in [-0.1, -0.05) is 0 Å². The van der Waals surface area contributed by atoms with Crippen LogP contribution in [-0.2, 0) is 0 Å². The Morgan fingerprint density at radius 1 is 1.47 bits per heavy atom. The molecular formula is C9H11F3N2O. The minimum atomic E-state index is -4.46. The molecule has 1 rings (SSSR count). The number of rotatable bonds is 3. The number of aromatic nitrogens is 1. The summed E-state index contributed by atoms with van der Waals surface area (Å²) in [4.78, 5) is 3.82. The van der Waals surface area contributed by atoms with Crippen LogP contribution in [-0.4, -0.2) is 23.8 Å². The molecule has 0 aliphatic carbocycles. The van der Waals surface area contributed by atoms with Crippen molar-refractivity contribution in [2.75, 3.05) is 6.54 Å². The zero-order chi connectivity index (χ0) is 11.5. The molecule has 0 fully saturated rings. The van der Waals surface area contributed by atoms with Crippen LogP contribution in [0.4, 0.5) is 13.2 Å². The normalized spacial score (nSPS) is 13.7. The van der Waals surface area contributed by atoms with E-state index in [1.807, 2.05) is 0 Å². The Labute approximate surface area is 85.1 Å². The fraction of sp³-hybridized carbons (Fsp3) is 0.444. The fourth-order valence-corrected chi connectivity index (χ4v) is 0.937. The molecule has 0 radical (unpaired) electrons. The average molecular weight is 220 g/mol. The molecule has 0 saturated heterocycles. The van der Waals surface area contributed by atoms with E-state index < -0.39 is 18.8 Å². The lowest BCUT2D eigenvalue weighted by molar-refractivity contribution is -0.191. The van der Waals surface area contributed by atoms with Gasteiger partial charge in [-0.3, -0.25) is 4.98 Å². The third kappa shape index (κ3) is 3.39. The first-order valence-corrected chi connectivity index (χ1v) is 4.29. The van der Waals surface area contributed by atoms with E-state index in [9.17, 15) is 13.2 Å². The smallest absolute Gasteiger partial charge is 0.426 e. The molecule has 6 heteroatoms. The highest BCUT2D eigenvalue weighted by Gasteiger charge is 2.40. The Balaban J connectivity index is 2.71. The third-order valence-corrected chi connectivity index (χ3v) is 1.74. The second-order valence-corrected chi connectivity index (χ2v) is 3.02. The van der Waals surface area contributed by atoms with Crippen LogP contribution >= 0.6 is 0 Å². The molecule has 3 nitrogen and oxygen atoms in total. The second-order valence-electron chi connectivity index (χ2n) is 3.02. The Bertz CT molecular complexity index is 310. The van der Waals surface area contributed by atoms with Crippen LogP contribution in [0.1, 0.15) is 5.69 Å². The third-order valence-electron chi connectivity index (χ3n) is 1.74. The van der Waals surface area contributed by atoms with Gasteiger partial charge in [-0.2, -0.15) is 13.2 Å². The van der Waals surface area contributed by atoms with Gasteiger partial charge in [0.25, 0.3) is 0 Å². The Kier molecular flexibility index (Phi) is 3.52. The van der Waals surface area contributed by atoms with Gasteiger partial charge < -0.3 is 10.5 Å². The standard InChI is InChI=1S/C9H11F3N2O/c1-6-2-3-7(5-14-6)15-8(4-13)9(10,11)12/h2-3,5,8H,4,13H2,1H3. The Morgan fingerprint density at radius 2 is 2.13 bits per heavy atom. The van der Waals surface area contributed by atoms with Crippen molar-refractivity contribution in [1.29, 1.82) is 0 Å². The highest BCUT2D eigenvalue weighted by molar-refractivity contribution is 5.19. The molecule has 84 valence electrons. The van der Waals surface area contributed by atoms with Gasteiger partial charge in [0, 0.05) is 12.2 Å². The first-order valence-electron chi connectivity index (χ1n) is 4.29. The zero-order valence-electron chi connectivity index (χ0n) is 8.08. The number of halogens is 3. The van der Waals surface area contributed by atoms with Crippen LogP contribution in [0.15, 0.2) is 18.3 Å². The van der Waals surface area contributed by atoms with Crippen LogP contribution in [0.2, 0.25) is 0 Å². The predicted octanol–water partition coefficient (Wildman–Crippen LogP) is 1.66. The molecule has 0 aromatic carbocycles. The molecule has 1 aromatic rings. The summed E-state index contributed by atoms with van der Waals surface area (Å²) in [6.07, 6.45) is -5.20. The van der Waals surface area contributed by atoms with Crippen LogP contribution in [0.25, 0.3) is 0 Å². The molecule has 0 amide bonds. The van der Waals surface area contributed by atoms with Crippen molar-refractivity contribution in [3.05, 3.63) is 24.0 Å². The van der Waals surface area contributed by atoms with Crippen molar-refractivity contribution in [2.24, 2.45) is 5.73 Å². The van der Waals surface area contributed by atoms with Gasteiger partial charge in [0.05, 0.1) is 6.20 Å². The van der Waals surface area contributed by atoms with Crippen LogP contribution in [0, 0.1) is 6.92 Å². The number of aryl methyl sites for hydroxylation is 1. The largest absolute Gasteiger partial charge is 0.478 e. The lowest BCUT2D eigenvalue weighted by Crippen LogP contribution is -2.40. The highest BCUT2D eigenvalue weighted by Crippen LogP contribution is 2.24. The minimum absolute atomic E-state index is 0.0633. The van der Waals surface area contributed by atoms with Crippen molar-refractivity contribution in [2.45, 2.75) is 19.2 Å². The van der Waals surface area contributed by atoms with Gasteiger partial charge in [-0.05, 0) is 19.1 Å². The summed E-state index contributed by atoms with van der Waals surface area (Å²) in [7, 11) is 0. The molecule has 0 spiro atoms. The highest BCUT2D eigenvalue weighted by atomic mass is 19.4. The molecule has 0 bridgehead atoms. The quantitative estimate of drug-likeness (QED) is 0.842. The van der Waals surface area contributed by atoms with Gasteiger partial charge in [0.2, 0.25) is 6.10 Å². The van der Waals surface area contributed by atoms with E-state index in [2.05, 4.69) is 9.72 Å². The summed E-state index contributed by atoms with van der Waals surface area (Å²) >= 11 is 0. The lowest BCUT2D eigenvalue weighted by Gasteiger charge is -2.19. The molecule has 15 heavy (non-hydrogen) atoms. The summed E-state index contributed by atoms with van der Waals surface area (Å²) in [5.74, 6) is 0.0633. The first-order chi connectivity index (χ1) is 6.93. The SMILES string of the molecule is Cc1ccc(OC(CN)C(F)(F)F)cn1. The number of hydrogen-bond acceptors (Lipinski definition) is 3. The maximum absolute atomic E-state index is 12.3. The van der Waals surface area contributed by atoms with Crippen molar-refractivity contribution in [1.82, 2.24) is 4.98 Å². The molecule has 1 aromatic heterocycles. The zero-order valence-corrected chi connectivity index (χ0v) is 8.08. The molecule has 1 atom stereocenters. The Hall–Kier alpha value is -1.30. The molecular weight excluding hydrogens is 209 g/mol. The summed E-state index contributed by atoms with van der Waals surface area (Å²) < 4.78 is 41.5. The minimum Gasteiger partial charge on any atom is -0.478 e. The maximum atomic E-state index is 12.3. The van der Waals surface area contributed by atoms with E-state index in [4.69, 9.17) is 5.73 Å². The van der Waals surface area contributed by atoms with E-state index in [1.54, 1.807) is 13.0 Å². The monoisotopic (exact) mass is 220 g/mol. The van der Waals surface area contributed by atoms with Crippen molar-refractivity contribution in [3.8, 4) is 5.75 Å². The molecule has 0 aliphatic rings. The van der Waals surface area contributed by atoms with Gasteiger partial charge in [-0.25, -0.2) is 0 Å². The van der Waals surface area contributed by atoms with E-state index in [-0.39, 0.29) is 5.75 Å². The summed E-state index contributed by atoms with van der Waals surface area (Å²) in [6, 6.07) is 3.00. The van der Waals surface area contributed by atoms with Gasteiger partial charge in [0.1, 0.15) is 5.75 Å². The first kappa shape index (κ1) is 11.8. The van der Waals surface area contributed by atoms with E-state index in [0.29, 0.717) is 5.69 Å². The molecule has 1 unspecified atom stereocenters. The molecule has 0 saturated carbocycles. The number of alkyl halides is 3. The molecule has 0 aliphatic heterocycles. The fourth-order valence-electron chi connectivity index (χ4n) is 0.937. The van der Waals surface area contributed by atoms with E-state index in [0.717, 1.165) is 0 Å². The van der Waals surface area contributed by atoms with Crippen molar-refractivity contribution >= 4 is 0 Å².